The van der Waals surface area contributed by atoms with Crippen molar-refractivity contribution in [3.63, 3.8) is 0 Å². The summed E-state index contributed by atoms with van der Waals surface area (Å²) in [6, 6.07) is 7.63. The third-order valence-electron chi connectivity index (χ3n) is 5.44. The van der Waals surface area contributed by atoms with Gasteiger partial charge in [-0.05, 0) is 70.5 Å². The van der Waals surface area contributed by atoms with Crippen LogP contribution in [0.25, 0.3) is 0 Å². The summed E-state index contributed by atoms with van der Waals surface area (Å²) < 4.78 is 11.7. The minimum Gasteiger partial charge on any atom is -0.492 e. The number of ether oxygens (including phenoxy) is 2. The van der Waals surface area contributed by atoms with Crippen LogP contribution in [0.5, 0.6) is 5.75 Å². The first-order chi connectivity index (χ1) is 13.6. The fraction of sp³-hybridized carbons (Fsp3) is 0.696. The number of rotatable bonds is 11. The molecule has 5 nitrogen and oxygen atoms in total. The van der Waals surface area contributed by atoms with Crippen LogP contribution in [0, 0.1) is 0 Å². The van der Waals surface area contributed by atoms with E-state index in [1.54, 1.807) is 0 Å². The highest BCUT2D eigenvalue weighted by Gasteiger charge is 2.33. The highest BCUT2D eigenvalue weighted by molar-refractivity contribution is 5.97. The Morgan fingerprint density at radius 2 is 1.79 bits per heavy atom. The molecular weight excluding hydrogens is 352 g/mol. The van der Waals surface area contributed by atoms with Crippen molar-refractivity contribution in [1.29, 1.82) is 0 Å². The summed E-state index contributed by atoms with van der Waals surface area (Å²) in [4.78, 5) is 15.2. The average Bonchev–Trinajstić information content (AvgIpc) is 2.97. The number of amides is 1. The maximum atomic E-state index is 12.7. The minimum atomic E-state index is -0.785. The van der Waals surface area contributed by atoms with E-state index in [2.05, 4.69) is 17.1 Å². The molecule has 28 heavy (non-hydrogen) atoms. The zero-order valence-corrected chi connectivity index (χ0v) is 18.0. The molecule has 1 N–H and O–H groups in total. The van der Waals surface area contributed by atoms with E-state index in [0.717, 1.165) is 37.2 Å². The van der Waals surface area contributed by atoms with Gasteiger partial charge in [-0.25, -0.2) is 0 Å². The monoisotopic (exact) mass is 390 g/mol. The first-order valence-corrected chi connectivity index (χ1v) is 11.0. The summed E-state index contributed by atoms with van der Waals surface area (Å²) in [6.07, 6.45) is 8.03. The predicted octanol–water partition coefficient (Wildman–Crippen LogP) is 4.87. The van der Waals surface area contributed by atoms with Gasteiger partial charge in [0.15, 0.2) is 0 Å². The van der Waals surface area contributed by atoms with E-state index in [1.165, 1.54) is 38.8 Å². The van der Waals surface area contributed by atoms with Crippen molar-refractivity contribution >= 4 is 11.6 Å². The van der Waals surface area contributed by atoms with Crippen molar-refractivity contribution in [1.82, 2.24) is 4.90 Å². The molecule has 1 aromatic rings. The van der Waals surface area contributed by atoms with E-state index in [1.807, 2.05) is 38.1 Å². The van der Waals surface area contributed by atoms with Gasteiger partial charge in [-0.1, -0.05) is 32.6 Å². The molecule has 2 rings (SSSR count). The van der Waals surface area contributed by atoms with Crippen LogP contribution in [0.15, 0.2) is 24.3 Å². The highest BCUT2D eigenvalue weighted by atomic mass is 16.5. The molecular formula is C23H38N2O3. The molecule has 0 aromatic heterocycles. The van der Waals surface area contributed by atoms with Crippen molar-refractivity contribution in [3.05, 3.63) is 24.3 Å². The Labute approximate surface area is 170 Å². The first kappa shape index (κ1) is 22.7. The molecule has 1 amide bonds. The maximum Gasteiger partial charge on any atom is 0.256 e. The Kier molecular flexibility index (Phi) is 9.79. The summed E-state index contributed by atoms with van der Waals surface area (Å²) in [5, 5.41) is 2.99. The maximum absolute atomic E-state index is 12.7. The van der Waals surface area contributed by atoms with Gasteiger partial charge in [0.05, 0.1) is 0 Å². The summed E-state index contributed by atoms with van der Waals surface area (Å²) in [7, 11) is 0. The smallest absolute Gasteiger partial charge is 0.256 e. The minimum absolute atomic E-state index is 0.0855. The van der Waals surface area contributed by atoms with Gasteiger partial charge in [0.1, 0.15) is 18.0 Å². The number of benzene rings is 1. The van der Waals surface area contributed by atoms with Gasteiger partial charge in [-0.3, -0.25) is 9.69 Å². The quantitative estimate of drug-likeness (QED) is 0.586. The van der Waals surface area contributed by atoms with E-state index in [-0.39, 0.29) is 5.91 Å². The summed E-state index contributed by atoms with van der Waals surface area (Å²) in [6.45, 7) is 10.5. The van der Waals surface area contributed by atoms with E-state index < -0.39 is 5.60 Å². The Hall–Kier alpha value is -1.59. The van der Waals surface area contributed by atoms with Gasteiger partial charge >= 0.3 is 0 Å². The molecule has 1 aliphatic rings. The van der Waals surface area contributed by atoms with Crippen LogP contribution >= 0.6 is 0 Å². The summed E-state index contributed by atoms with van der Waals surface area (Å²) in [5.41, 5.74) is -0.0140. The van der Waals surface area contributed by atoms with E-state index in [4.69, 9.17) is 9.47 Å². The third-order valence-corrected chi connectivity index (χ3v) is 5.44. The van der Waals surface area contributed by atoms with Crippen molar-refractivity contribution in [2.45, 2.75) is 71.3 Å². The lowest BCUT2D eigenvalue weighted by molar-refractivity contribution is -0.139. The molecule has 1 aromatic carbocycles. The van der Waals surface area contributed by atoms with E-state index in [9.17, 15) is 4.79 Å². The Morgan fingerprint density at radius 3 is 2.39 bits per heavy atom. The second-order valence-electron chi connectivity index (χ2n) is 7.85. The van der Waals surface area contributed by atoms with Crippen LogP contribution in [-0.2, 0) is 9.53 Å². The Bertz CT molecular complexity index is 568. The molecule has 0 saturated carbocycles. The summed E-state index contributed by atoms with van der Waals surface area (Å²) >= 11 is 0. The van der Waals surface area contributed by atoms with Crippen LogP contribution in [0.2, 0.25) is 0 Å². The molecule has 0 aliphatic carbocycles. The number of carbonyl (C=O) groups is 1. The lowest BCUT2D eigenvalue weighted by Gasteiger charge is -2.28. The van der Waals surface area contributed by atoms with Gasteiger partial charge in [0, 0.05) is 18.8 Å². The van der Waals surface area contributed by atoms with Crippen molar-refractivity contribution in [2.75, 3.05) is 38.2 Å². The van der Waals surface area contributed by atoms with Gasteiger partial charge in [0.25, 0.3) is 5.91 Å². The number of hydrogen-bond donors (Lipinski definition) is 1. The second kappa shape index (κ2) is 12.1. The van der Waals surface area contributed by atoms with E-state index in [0.29, 0.717) is 13.2 Å². The number of unbranched alkanes of at least 4 members (excludes halogenated alkanes) is 1. The van der Waals surface area contributed by atoms with Gasteiger partial charge in [-0.2, -0.15) is 0 Å². The third kappa shape index (κ3) is 7.44. The molecule has 0 unspecified atom stereocenters. The second-order valence-corrected chi connectivity index (χ2v) is 7.85. The lowest BCUT2D eigenvalue weighted by atomic mass is 9.97. The molecule has 1 aliphatic heterocycles. The summed E-state index contributed by atoms with van der Waals surface area (Å²) in [5.74, 6) is 0.754. The van der Waals surface area contributed by atoms with Crippen LogP contribution in [0.4, 0.5) is 5.69 Å². The average molecular weight is 391 g/mol. The fourth-order valence-corrected chi connectivity index (χ4v) is 3.63. The van der Waals surface area contributed by atoms with Crippen LogP contribution in [-0.4, -0.2) is 49.3 Å². The number of anilines is 1. The van der Waals surface area contributed by atoms with Crippen LogP contribution < -0.4 is 10.1 Å². The predicted molar refractivity (Wildman–Crippen MR) is 115 cm³/mol. The number of carbonyl (C=O) groups excluding carboxylic acids is 1. The molecule has 0 bridgehead atoms. The molecule has 1 heterocycles. The number of likely N-dealkylation sites (tertiary alicyclic amines) is 1. The van der Waals surface area contributed by atoms with E-state index >= 15 is 0 Å². The highest BCUT2D eigenvalue weighted by Crippen LogP contribution is 2.23. The SMILES string of the molecule is CCCC[C@@](C)(OCC)C(=O)Nc1ccc(OCCN2CCCCCC2)cc1. The van der Waals surface area contributed by atoms with Gasteiger partial charge in [-0.15, -0.1) is 0 Å². The van der Waals surface area contributed by atoms with Crippen molar-refractivity contribution in [3.8, 4) is 5.75 Å². The number of hydrogen-bond acceptors (Lipinski definition) is 4. The standard InChI is InChI=1S/C23H38N2O3/c1-4-6-15-23(3,28-5-2)22(26)24-20-11-13-21(14-12-20)27-19-18-25-16-9-7-8-10-17-25/h11-14H,4-10,15-19H2,1-3H3,(H,24,26)/t23-/m1/s1. The molecule has 1 saturated heterocycles. The largest absolute Gasteiger partial charge is 0.492 e. The van der Waals surface area contributed by atoms with Gasteiger partial charge in [0.2, 0.25) is 0 Å². The Morgan fingerprint density at radius 1 is 1.11 bits per heavy atom. The Balaban J connectivity index is 1.81. The lowest BCUT2D eigenvalue weighted by Crippen LogP contribution is -2.42. The molecule has 5 heteroatoms. The number of nitrogens with one attached hydrogen (secondary N) is 1. The first-order valence-electron chi connectivity index (χ1n) is 11.0. The molecule has 1 atom stereocenters. The molecule has 158 valence electrons. The van der Waals surface area contributed by atoms with Crippen LogP contribution in [0.1, 0.15) is 65.7 Å². The normalized spacial score (nSPS) is 17.5. The zero-order valence-electron chi connectivity index (χ0n) is 18.0. The molecule has 0 spiro atoms. The zero-order chi connectivity index (χ0) is 20.2. The molecule has 1 fully saturated rings. The van der Waals surface area contributed by atoms with Crippen molar-refractivity contribution in [2.24, 2.45) is 0 Å². The fourth-order valence-electron chi connectivity index (χ4n) is 3.63. The van der Waals surface area contributed by atoms with Crippen molar-refractivity contribution < 1.29 is 14.3 Å². The molecule has 0 radical (unpaired) electrons. The topological polar surface area (TPSA) is 50.8 Å². The van der Waals surface area contributed by atoms with Crippen LogP contribution in [0.3, 0.4) is 0 Å². The van der Waals surface area contributed by atoms with Gasteiger partial charge < -0.3 is 14.8 Å². The number of nitrogens with zero attached hydrogens (tertiary/aromatic N) is 1.